The van der Waals surface area contributed by atoms with Crippen LogP contribution in [0.1, 0.15) is 27.7 Å². The minimum atomic E-state index is -0.114. The van der Waals surface area contributed by atoms with E-state index in [4.69, 9.17) is 9.47 Å². The summed E-state index contributed by atoms with van der Waals surface area (Å²) in [6.45, 7) is 9.43. The van der Waals surface area contributed by atoms with Crippen LogP contribution in [0.4, 0.5) is 0 Å². The zero-order chi connectivity index (χ0) is 11.8. The molecule has 0 aromatic rings. The molecule has 0 unspecified atom stereocenters. The van der Waals surface area contributed by atoms with Gasteiger partial charge in [-0.05, 0) is 27.7 Å². The zero-order valence-corrected chi connectivity index (χ0v) is 10.3. The summed E-state index contributed by atoms with van der Waals surface area (Å²) in [5, 5.41) is 0. The van der Waals surface area contributed by atoms with Gasteiger partial charge >= 0.3 is 0 Å². The summed E-state index contributed by atoms with van der Waals surface area (Å²) < 4.78 is 10.9. The molecule has 0 N–H and O–H groups in total. The summed E-state index contributed by atoms with van der Waals surface area (Å²) in [6.07, 6.45) is 3.63. The Labute approximate surface area is 96.1 Å². The highest BCUT2D eigenvalue weighted by Gasteiger charge is 2.26. The molecule has 0 bridgehead atoms. The van der Waals surface area contributed by atoms with Gasteiger partial charge in [-0.1, -0.05) is 0 Å². The molecule has 0 aromatic heterocycles. The van der Waals surface area contributed by atoms with Gasteiger partial charge in [-0.3, -0.25) is 0 Å². The third-order valence-corrected chi connectivity index (χ3v) is 2.34. The van der Waals surface area contributed by atoms with Crippen molar-refractivity contribution in [2.75, 3.05) is 13.2 Å². The van der Waals surface area contributed by atoms with Gasteiger partial charge in [-0.15, -0.1) is 0 Å². The number of rotatable bonds is 2. The third kappa shape index (κ3) is 2.62. The van der Waals surface area contributed by atoms with Crippen LogP contribution in [0.25, 0.3) is 0 Å². The molecule has 4 nitrogen and oxygen atoms in total. The van der Waals surface area contributed by atoms with Crippen molar-refractivity contribution in [3.63, 3.8) is 0 Å². The van der Waals surface area contributed by atoms with E-state index < -0.39 is 0 Å². The average molecular weight is 222 g/mol. The Kier molecular flexibility index (Phi) is 2.52. The fourth-order valence-electron chi connectivity index (χ4n) is 1.54. The SMILES string of the molecule is CC1(C)COC(/C=C/C2=NC(C)(C)CO2)=N1. The van der Waals surface area contributed by atoms with Gasteiger partial charge in [0.2, 0.25) is 11.8 Å². The Bertz CT molecular complexity index is 342. The second kappa shape index (κ2) is 3.61. The summed E-state index contributed by atoms with van der Waals surface area (Å²) >= 11 is 0. The van der Waals surface area contributed by atoms with E-state index in [0.29, 0.717) is 25.0 Å². The van der Waals surface area contributed by atoms with E-state index in [1.165, 1.54) is 0 Å². The number of hydrogen-bond donors (Lipinski definition) is 0. The summed E-state index contributed by atoms with van der Waals surface area (Å²) in [7, 11) is 0. The quantitative estimate of drug-likeness (QED) is 0.716. The molecule has 0 spiro atoms. The summed E-state index contributed by atoms with van der Waals surface area (Å²) in [4.78, 5) is 8.83. The lowest BCUT2D eigenvalue weighted by atomic mass is 10.1. The number of hydrogen-bond acceptors (Lipinski definition) is 4. The molecule has 2 aliphatic heterocycles. The van der Waals surface area contributed by atoms with Crippen LogP contribution in [0.5, 0.6) is 0 Å². The lowest BCUT2D eigenvalue weighted by Gasteiger charge is -2.07. The predicted molar refractivity (Wildman–Crippen MR) is 64.1 cm³/mol. The molecule has 88 valence electrons. The van der Waals surface area contributed by atoms with Crippen LogP contribution in [0, 0.1) is 0 Å². The maximum Gasteiger partial charge on any atom is 0.209 e. The van der Waals surface area contributed by atoms with Crippen molar-refractivity contribution in [3.8, 4) is 0 Å². The van der Waals surface area contributed by atoms with Crippen molar-refractivity contribution in [2.24, 2.45) is 9.98 Å². The van der Waals surface area contributed by atoms with Crippen molar-refractivity contribution >= 4 is 11.8 Å². The Balaban J connectivity index is 2.02. The smallest absolute Gasteiger partial charge is 0.209 e. The van der Waals surface area contributed by atoms with Gasteiger partial charge in [0.1, 0.15) is 13.2 Å². The Morgan fingerprint density at radius 3 is 1.50 bits per heavy atom. The third-order valence-electron chi connectivity index (χ3n) is 2.34. The minimum absolute atomic E-state index is 0.114. The Morgan fingerprint density at radius 1 is 0.875 bits per heavy atom. The normalized spacial score (nSPS) is 26.2. The number of ether oxygens (including phenoxy) is 2. The molecule has 0 aromatic carbocycles. The standard InChI is InChI=1S/C12H18N2O2/c1-11(2)7-15-9(13-11)5-6-10-14-12(3,4)8-16-10/h5-6H,7-8H2,1-4H3/b6-5+. The zero-order valence-electron chi connectivity index (χ0n) is 10.3. The van der Waals surface area contributed by atoms with Gasteiger partial charge in [0.15, 0.2) is 0 Å². The van der Waals surface area contributed by atoms with Crippen molar-refractivity contribution < 1.29 is 9.47 Å². The molecular formula is C12H18N2O2. The van der Waals surface area contributed by atoms with Crippen LogP contribution < -0.4 is 0 Å². The highest BCUT2D eigenvalue weighted by molar-refractivity contribution is 5.98. The second-order valence-corrected chi connectivity index (χ2v) is 5.44. The molecule has 2 heterocycles. The van der Waals surface area contributed by atoms with Gasteiger partial charge in [0.05, 0.1) is 11.1 Å². The van der Waals surface area contributed by atoms with E-state index in [-0.39, 0.29) is 11.1 Å². The minimum Gasteiger partial charge on any atom is -0.475 e. The number of aliphatic imine (C=N–C) groups is 2. The fraction of sp³-hybridized carbons (Fsp3) is 0.667. The molecule has 0 radical (unpaired) electrons. The van der Waals surface area contributed by atoms with E-state index in [1.807, 2.05) is 39.8 Å². The van der Waals surface area contributed by atoms with E-state index in [0.717, 1.165) is 0 Å². The Hall–Kier alpha value is -1.32. The molecule has 16 heavy (non-hydrogen) atoms. The van der Waals surface area contributed by atoms with Crippen LogP contribution in [0.15, 0.2) is 22.1 Å². The van der Waals surface area contributed by atoms with Gasteiger partial charge < -0.3 is 9.47 Å². The molecule has 2 aliphatic rings. The molecule has 0 amide bonds. The van der Waals surface area contributed by atoms with E-state index >= 15 is 0 Å². The molecule has 0 saturated heterocycles. The predicted octanol–water partition coefficient (Wildman–Crippen LogP) is 1.96. The van der Waals surface area contributed by atoms with E-state index in [1.54, 1.807) is 0 Å². The lowest BCUT2D eigenvalue weighted by Crippen LogP contribution is -2.17. The van der Waals surface area contributed by atoms with Crippen LogP contribution in [-0.4, -0.2) is 36.1 Å². The molecule has 0 atom stereocenters. The molecule has 2 rings (SSSR count). The van der Waals surface area contributed by atoms with Crippen molar-refractivity contribution in [1.82, 2.24) is 0 Å². The highest BCUT2D eigenvalue weighted by atomic mass is 16.5. The summed E-state index contributed by atoms with van der Waals surface area (Å²) in [5.41, 5.74) is -0.228. The van der Waals surface area contributed by atoms with E-state index in [9.17, 15) is 0 Å². The molecule has 0 fully saturated rings. The highest BCUT2D eigenvalue weighted by Crippen LogP contribution is 2.19. The van der Waals surface area contributed by atoms with Gasteiger partial charge in [-0.25, -0.2) is 9.98 Å². The van der Waals surface area contributed by atoms with Crippen LogP contribution >= 0.6 is 0 Å². The fourth-order valence-corrected chi connectivity index (χ4v) is 1.54. The molecule has 0 aliphatic carbocycles. The summed E-state index contributed by atoms with van der Waals surface area (Å²) in [5.74, 6) is 1.31. The second-order valence-electron chi connectivity index (χ2n) is 5.44. The maximum absolute atomic E-state index is 5.43. The van der Waals surface area contributed by atoms with Crippen LogP contribution in [-0.2, 0) is 9.47 Å². The van der Waals surface area contributed by atoms with E-state index in [2.05, 4.69) is 9.98 Å². The largest absolute Gasteiger partial charge is 0.475 e. The van der Waals surface area contributed by atoms with Crippen LogP contribution in [0.3, 0.4) is 0 Å². The van der Waals surface area contributed by atoms with Gasteiger partial charge in [0.25, 0.3) is 0 Å². The lowest BCUT2D eigenvalue weighted by molar-refractivity contribution is 0.278. The first kappa shape index (κ1) is 11.2. The maximum atomic E-state index is 5.43. The number of nitrogens with zero attached hydrogens (tertiary/aromatic N) is 2. The van der Waals surface area contributed by atoms with Crippen molar-refractivity contribution in [2.45, 2.75) is 38.8 Å². The molecular weight excluding hydrogens is 204 g/mol. The average Bonchev–Trinajstić information content (AvgIpc) is 2.66. The topological polar surface area (TPSA) is 43.2 Å². The molecule has 4 heteroatoms. The monoisotopic (exact) mass is 222 g/mol. The first-order valence-corrected chi connectivity index (χ1v) is 5.50. The first-order valence-electron chi connectivity index (χ1n) is 5.50. The molecule has 0 saturated carbocycles. The van der Waals surface area contributed by atoms with Crippen molar-refractivity contribution in [3.05, 3.63) is 12.2 Å². The van der Waals surface area contributed by atoms with Gasteiger partial charge in [0, 0.05) is 12.2 Å². The van der Waals surface area contributed by atoms with Crippen LogP contribution in [0.2, 0.25) is 0 Å². The Morgan fingerprint density at radius 2 is 1.25 bits per heavy atom. The summed E-state index contributed by atoms with van der Waals surface area (Å²) in [6, 6.07) is 0. The first-order chi connectivity index (χ1) is 7.36. The van der Waals surface area contributed by atoms with Crippen molar-refractivity contribution in [1.29, 1.82) is 0 Å². The van der Waals surface area contributed by atoms with Gasteiger partial charge in [-0.2, -0.15) is 0 Å².